The van der Waals surface area contributed by atoms with Gasteiger partial charge in [0.15, 0.2) is 0 Å². The first-order valence-electron chi connectivity index (χ1n) is 5.70. The Bertz CT molecular complexity index is 543. The van der Waals surface area contributed by atoms with E-state index in [0.29, 0.717) is 17.7 Å². The van der Waals surface area contributed by atoms with Gasteiger partial charge in [0.25, 0.3) is 0 Å². The lowest BCUT2D eigenvalue weighted by Gasteiger charge is -2.05. The molecule has 4 heteroatoms. The van der Waals surface area contributed by atoms with Crippen molar-refractivity contribution in [3.05, 3.63) is 57.5 Å². The first-order valence-corrected chi connectivity index (χ1v) is 6.64. The second-order valence-electron chi connectivity index (χ2n) is 3.98. The molecule has 1 aromatic carbocycles. The minimum absolute atomic E-state index is 0.267. The van der Waals surface area contributed by atoms with Crippen molar-refractivity contribution in [1.29, 1.82) is 5.26 Å². The van der Waals surface area contributed by atoms with Crippen LogP contribution in [0, 0.1) is 17.1 Å². The van der Waals surface area contributed by atoms with E-state index in [1.54, 1.807) is 17.4 Å². The SMILES string of the molecule is N#Cc1ccc(F)c(CNCCc2ccsc2)c1. The molecular formula is C14H13FN2S. The quantitative estimate of drug-likeness (QED) is 0.839. The zero-order valence-electron chi connectivity index (χ0n) is 9.82. The summed E-state index contributed by atoms with van der Waals surface area (Å²) in [6.07, 6.45) is 0.934. The minimum atomic E-state index is -0.267. The molecule has 0 spiro atoms. The van der Waals surface area contributed by atoms with E-state index < -0.39 is 0 Å². The topological polar surface area (TPSA) is 35.8 Å². The Morgan fingerprint density at radius 3 is 2.94 bits per heavy atom. The highest BCUT2D eigenvalue weighted by molar-refractivity contribution is 7.07. The summed E-state index contributed by atoms with van der Waals surface area (Å²) in [5, 5.41) is 16.1. The van der Waals surface area contributed by atoms with E-state index in [0.717, 1.165) is 13.0 Å². The predicted octanol–water partition coefficient (Wildman–Crippen LogP) is 3.09. The van der Waals surface area contributed by atoms with Crippen molar-refractivity contribution in [3.63, 3.8) is 0 Å². The van der Waals surface area contributed by atoms with E-state index in [9.17, 15) is 4.39 Å². The van der Waals surface area contributed by atoms with E-state index in [1.165, 1.54) is 17.7 Å². The van der Waals surface area contributed by atoms with E-state index in [-0.39, 0.29) is 5.82 Å². The average molecular weight is 260 g/mol. The Balaban J connectivity index is 1.85. The molecule has 18 heavy (non-hydrogen) atoms. The third kappa shape index (κ3) is 3.39. The molecule has 0 aliphatic rings. The van der Waals surface area contributed by atoms with Crippen LogP contribution >= 0.6 is 11.3 Å². The Hall–Kier alpha value is -1.70. The van der Waals surface area contributed by atoms with Crippen LogP contribution in [0.4, 0.5) is 4.39 Å². The maximum atomic E-state index is 13.5. The van der Waals surface area contributed by atoms with Crippen LogP contribution < -0.4 is 5.32 Å². The highest BCUT2D eigenvalue weighted by atomic mass is 32.1. The molecule has 1 heterocycles. The van der Waals surface area contributed by atoms with Crippen LogP contribution in [0.15, 0.2) is 35.0 Å². The van der Waals surface area contributed by atoms with E-state index in [2.05, 4.69) is 16.8 Å². The molecule has 2 rings (SSSR count). The van der Waals surface area contributed by atoms with Crippen molar-refractivity contribution < 1.29 is 4.39 Å². The molecule has 0 bridgehead atoms. The number of halogens is 1. The van der Waals surface area contributed by atoms with Gasteiger partial charge in [0.2, 0.25) is 0 Å². The highest BCUT2D eigenvalue weighted by Gasteiger charge is 2.03. The number of thiophene rings is 1. The first-order chi connectivity index (χ1) is 8.79. The van der Waals surface area contributed by atoms with E-state index >= 15 is 0 Å². The number of rotatable bonds is 5. The smallest absolute Gasteiger partial charge is 0.127 e. The fourth-order valence-electron chi connectivity index (χ4n) is 1.67. The third-order valence-electron chi connectivity index (χ3n) is 2.66. The molecule has 1 N–H and O–H groups in total. The lowest BCUT2D eigenvalue weighted by molar-refractivity contribution is 0.588. The number of benzene rings is 1. The lowest BCUT2D eigenvalue weighted by atomic mass is 10.1. The first kappa shape index (κ1) is 12.7. The number of nitrogens with one attached hydrogen (secondary N) is 1. The zero-order chi connectivity index (χ0) is 12.8. The molecule has 0 aliphatic heterocycles. The maximum absolute atomic E-state index is 13.5. The highest BCUT2D eigenvalue weighted by Crippen LogP contribution is 2.10. The molecule has 0 unspecified atom stereocenters. The summed E-state index contributed by atoms with van der Waals surface area (Å²) in [6.45, 7) is 1.25. The second-order valence-corrected chi connectivity index (χ2v) is 4.76. The molecule has 0 saturated heterocycles. The van der Waals surface area contributed by atoms with Gasteiger partial charge in [-0.2, -0.15) is 16.6 Å². The summed E-state index contributed by atoms with van der Waals surface area (Å²) in [7, 11) is 0. The Morgan fingerprint density at radius 1 is 1.33 bits per heavy atom. The number of nitrogens with zero attached hydrogens (tertiary/aromatic N) is 1. The molecule has 0 saturated carbocycles. The van der Waals surface area contributed by atoms with Crippen LogP contribution in [0.2, 0.25) is 0 Å². The van der Waals surface area contributed by atoms with Crippen LogP contribution in [0.3, 0.4) is 0 Å². The molecule has 0 aliphatic carbocycles. The van der Waals surface area contributed by atoms with Crippen molar-refractivity contribution in [2.45, 2.75) is 13.0 Å². The molecule has 0 radical (unpaired) electrons. The lowest BCUT2D eigenvalue weighted by Crippen LogP contribution is -2.17. The van der Waals surface area contributed by atoms with Crippen molar-refractivity contribution in [3.8, 4) is 6.07 Å². The van der Waals surface area contributed by atoms with Crippen LogP contribution in [-0.2, 0) is 13.0 Å². The van der Waals surface area contributed by atoms with Crippen molar-refractivity contribution >= 4 is 11.3 Å². The Kier molecular flexibility index (Phi) is 4.46. The van der Waals surface area contributed by atoms with Gasteiger partial charge in [-0.3, -0.25) is 0 Å². The maximum Gasteiger partial charge on any atom is 0.127 e. The van der Waals surface area contributed by atoms with Gasteiger partial charge in [0.1, 0.15) is 5.82 Å². The summed E-state index contributed by atoms with van der Waals surface area (Å²) in [4.78, 5) is 0. The molecule has 0 fully saturated rings. The molecule has 2 aromatic rings. The van der Waals surface area contributed by atoms with Crippen LogP contribution in [0.25, 0.3) is 0 Å². The molecule has 0 amide bonds. The second kappa shape index (κ2) is 6.29. The van der Waals surface area contributed by atoms with Gasteiger partial charge in [0, 0.05) is 12.1 Å². The van der Waals surface area contributed by atoms with E-state index in [1.807, 2.05) is 11.4 Å². The standard InChI is InChI=1S/C14H13FN2S/c15-14-2-1-12(8-16)7-13(14)9-17-5-3-11-4-6-18-10-11/h1-2,4,6-7,10,17H,3,5,9H2. The predicted molar refractivity (Wildman–Crippen MR) is 70.8 cm³/mol. The van der Waals surface area contributed by atoms with Crippen LogP contribution in [0.1, 0.15) is 16.7 Å². The summed E-state index contributed by atoms with van der Waals surface area (Å²) in [5.41, 5.74) is 2.32. The average Bonchev–Trinajstić information content (AvgIpc) is 2.89. The van der Waals surface area contributed by atoms with Gasteiger partial charge in [-0.05, 0) is 53.6 Å². The number of hydrogen-bond acceptors (Lipinski definition) is 3. The van der Waals surface area contributed by atoms with Crippen molar-refractivity contribution in [1.82, 2.24) is 5.32 Å². The van der Waals surface area contributed by atoms with Crippen LogP contribution in [0.5, 0.6) is 0 Å². The summed E-state index contributed by atoms with van der Waals surface area (Å²) in [5.74, 6) is -0.267. The molecule has 92 valence electrons. The zero-order valence-corrected chi connectivity index (χ0v) is 10.6. The van der Waals surface area contributed by atoms with Gasteiger partial charge in [-0.25, -0.2) is 4.39 Å². The van der Waals surface area contributed by atoms with Gasteiger partial charge < -0.3 is 5.32 Å². The number of hydrogen-bond donors (Lipinski definition) is 1. The molecular weight excluding hydrogens is 247 g/mol. The fraction of sp³-hybridized carbons (Fsp3) is 0.214. The fourth-order valence-corrected chi connectivity index (χ4v) is 2.37. The van der Waals surface area contributed by atoms with Gasteiger partial charge >= 0.3 is 0 Å². The molecule has 2 nitrogen and oxygen atoms in total. The number of nitriles is 1. The summed E-state index contributed by atoms with van der Waals surface area (Å²) in [6, 6.07) is 8.52. The summed E-state index contributed by atoms with van der Waals surface area (Å²) < 4.78 is 13.5. The van der Waals surface area contributed by atoms with Gasteiger partial charge in [-0.1, -0.05) is 0 Å². The minimum Gasteiger partial charge on any atom is -0.312 e. The third-order valence-corrected chi connectivity index (χ3v) is 3.39. The summed E-state index contributed by atoms with van der Waals surface area (Å²) >= 11 is 1.68. The van der Waals surface area contributed by atoms with Crippen molar-refractivity contribution in [2.75, 3.05) is 6.54 Å². The normalized spacial score (nSPS) is 10.2. The van der Waals surface area contributed by atoms with E-state index in [4.69, 9.17) is 5.26 Å². The Morgan fingerprint density at radius 2 is 2.22 bits per heavy atom. The van der Waals surface area contributed by atoms with Gasteiger partial charge in [-0.15, -0.1) is 0 Å². The largest absolute Gasteiger partial charge is 0.312 e. The molecule has 1 aromatic heterocycles. The van der Waals surface area contributed by atoms with Crippen LogP contribution in [-0.4, -0.2) is 6.54 Å². The Labute approximate surface area is 110 Å². The van der Waals surface area contributed by atoms with Crippen molar-refractivity contribution in [2.24, 2.45) is 0 Å². The molecule has 0 atom stereocenters. The van der Waals surface area contributed by atoms with Gasteiger partial charge in [0.05, 0.1) is 11.6 Å². The monoisotopic (exact) mass is 260 g/mol.